The van der Waals surface area contributed by atoms with Gasteiger partial charge in [0.15, 0.2) is 0 Å². The molecule has 0 aliphatic heterocycles. The topological polar surface area (TPSA) is 94.0 Å². The Hall–Kier alpha value is -2.55. The van der Waals surface area contributed by atoms with Crippen molar-refractivity contribution < 1.29 is 9.59 Å². The third kappa shape index (κ3) is 6.07. The van der Waals surface area contributed by atoms with Crippen LogP contribution in [0.1, 0.15) is 43.0 Å². The number of carbonyl (C=O) groups excluding carboxylic acids is 2. The molecule has 1 aromatic carbocycles. The van der Waals surface area contributed by atoms with Crippen LogP contribution in [-0.2, 0) is 0 Å². The van der Waals surface area contributed by atoms with Gasteiger partial charge in [0.25, 0.3) is 5.91 Å². The highest BCUT2D eigenvalue weighted by atomic mass is 16.2. The maximum absolute atomic E-state index is 12.2. The molecule has 3 atom stereocenters. The average molecular weight is 356 g/mol. The third-order valence-corrected chi connectivity index (χ3v) is 4.92. The van der Waals surface area contributed by atoms with Gasteiger partial charge in [-0.05, 0) is 49.7 Å². The zero-order valence-corrected chi connectivity index (χ0v) is 15.3. The van der Waals surface area contributed by atoms with Gasteiger partial charge in [-0.1, -0.05) is 25.1 Å². The number of rotatable bonds is 7. The molecule has 1 aromatic rings. The zero-order chi connectivity index (χ0) is 18.8. The van der Waals surface area contributed by atoms with Crippen LogP contribution in [0.2, 0.25) is 0 Å². The molecule has 26 heavy (non-hydrogen) atoms. The van der Waals surface area contributed by atoms with E-state index in [0.717, 1.165) is 25.7 Å². The van der Waals surface area contributed by atoms with Crippen molar-refractivity contribution in [1.82, 2.24) is 16.0 Å². The van der Waals surface area contributed by atoms with Gasteiger partial charge in [0.1, 0.15) is 0 Å². The number of hydrogen-bond acceptors (Lipinski definition) is 3. The van der Waals surface area contributed by atoms with E-state index in [1.54, 1.807) is 12.1 Å². The fourth-order valence-electron chi connectivity index (χ4n) is 3.36. The summed E-state index contributed by atoms with van der Waals surface area (Å²) in [5, 5.41) is 18.1. The second-order valence-electron chi connectivity index (χ2n) is 6.89. The quantitative estimate of drug-likeness (QED) is 0.701. The lowest BCUT2D eigenvalue weighted by Crippen LogP contribution is -2.41. The molecule has 3 N–H and O–H groups in total. The summed E-state index contributed by atoms with van der Waals surface area (Å²) in [7, 11) is 0. The SMILES string of the molecule is CCCNC(=O)NCC1CCC(CNC(=O)c2ccccc2)C(C#N)C1. The second kappa shape index (κ2) is 10.4. The van der Waals surface area contributed by atoms with E-state index in [-0.39, 0.29) is 23.8 Å². The van der Waals surface area contributed by atoms with Gasteiger partial charge in [0, 0.05) is 25.2 Å². The molecule has 3 amide bonds. The molecule has 1 saturated carbocycles. The first-order valence-corrected chi connectivity index (χ1v) is 9.38. The molecule has 2 rings (SSSR count). The van der Waals surface area contributed by atoms with Crippen LogP contribution in [0, 0.1) is 29.1 Å². The Kier molecular flexibility index (Phi) is 7.94. The van der Waals surface area contributed by atoms with Gasteiger partial charge in [-0.15, -0.1) is 0 Å². The minimum Gasteiger partial charge on any atom is -0.352 e. The van der Waals surface area contributed by atoms with Gasteiger partial charge < -0.3 is 16.0 Å². The van der Waals surface area contributed by atoms with E-state index in [9.17, 15) is 14.9 Å². The number of nitrogens with zero attached hydrogens (tertiary/aromatic N) is 1. The molecule has 3 unspecified atom stereocenters. The average Bonchev–Trinajstić information content (AvgIpc) is 2.69. The van der Waals surface area contributed by atoms with Crippen molar-refractivity contribution >= 4 is 11.9 Å². The first kappa shape index (κ1) is 19.8. The Labute approximate surface area is 155 Å². The van der Waals surface area contributed by atoms with E-state index in [1.807, 2.05) is 25.1 Å². The lowest BCUT2D eigenvalue weighted by atomic mass is 9.74. The molecular formula is C20H28N4O2. The minimum absolute atomic E-state index is 0.0923. The number of benzene rings is 1. The summed E-state index contributed by atoms with van der Waals surface area (Å²) in [6, 6.07) is 11.4. The Morgan fingerprint density at radius 1 is 1.12 bits per heavy atom. The summed E-state index contributed by atoms with van der Waals surface area (Å²) >= 11 is 0. The van der Waals surface area contributed by atoms with Gasteiger partial charge in [-0.3, -0.25) is 4.79 Å². The summed E-state index contributed by atoms with van der Waals surface area (Å²) < 4.78 is 0. The minimum atomic E-state index is -0.141. The lowest BCUT2D eigenvalue weighted by Gasteiger charge is -2.32. The molecule has 140 valence electrons. The van der Waals surface area contributed by atoms with Crippen molar-refractivity contribution in [1.29, 1.82) is 5.26 Å². The van der Waals surface area contributed by atoms with E-state index in [0.29, 0.717) is 31.1 Å². The normalized spacial score (nSPS) is 22.1. The Morgan fingerprint density at radius 3 is 2.58 bits per heavy atom. The largest absolute Gasteiger partial charge is 0.352 e. The van der Waals surface area contributed by atoms with E-state index < -0.39 is 0 Å². The molecule has 1 fully saturated rings. The lowest BCUT2D eigenvalue weighted by molar-refractivity contribution is 0.0934. The molecule has 6 heteroatoms. The Morgan fingerprint density at radius 2 is 1.88 bits per heavy atom. The van der Waals surface area contributed by atoms with Crippen LogP contribution in [-0.4, -0.2) is 31.6 Å². The number of nitrogens with one attached hydrogen (secondary N) is 3. The van der Waals surface area contributed by atoms with Crippen LogP contribution < -0.4 is 16.0 Å². The van der Waals surface area contributed by atoms with Crippen LogP contribution in [0.25, 0.3) is 0 Å². The summed E-state index contributed by atoms with van der Waals surface area (Å²) in [5.41, 5.74) is 0.636. The predicted octanol–water partition coefficient (Wildman–Crippen LogP) is 2.68. The number of amides is 3. The third-order valence-electron chi connectivity index (χ3n) is 4.92. The number of hydrogen-bond donors (Lipinski definition) is 3. The van der Waals surface area contributed by atoms with Gasteiger partial charge in [-0.2, -0.15) is 5.26 Å². The van der Waals surface area contributed by atoms with Crippen LogP contribution in [0.15, 0.2) is 30.3 Å². The fraction of sp³-hybridized carbons (Fsp3) is 0.550. The molecule has 0 bridgehead atoms. The van der Waals surface area contributed by atoms with Crippen molar-refractivity contribution in [3.8, 4) is 6.07 Å². The van der Waals surface area contributed by atoms with Gasteiger partial charge in [0.2, 0.25) is 0 Å². The Bertz CT molecular complexity index is 626. The van der Waals surface area contributed by atoms with Gasteiger partial charge in [-0.25, -0.2) is 4.79 Å². The molecule has 0 aromatic heterocycles. The van der Waals surface area contributed by atoms with Crippen molar-refractivity contribution in [2.24, 2.45) is 17.8 Å². The summed E-state index contributed by atoms with van der Waals surface area (Å²) in [6.45, 7) is 3.79. The molecule has 1 aliphatic rings. The van der Waals surface area contributed by atoms with Crippen molar-refractivity contribution in [3.05, 3.63) is 35.9 Å². The fourth-order valence-corrected chi connectivity index (χ4v) is 3.36. The van der Waals surface area contributed by atoms with Crippen LogP contribution in [0.4, 0.5) is 4.79 Å². The van der Waals surface area contributed by atoms with E-state index in [2.05, 4.69) is 22.0 Å². The van der Waals surface area contributed by atoms with E-state index in [1.165, 1.54) is 0 Å². The van der Waals surface area contributed by atoms with Crippen molar-refractivity contribution in [3.63, 3.8) is 0 Å². The summed E-state index contributed by atoms with van der Waals surface area (Å²) in [4.78, 5) is 23.8. The van der Waals surface area contributed by atoms with Crippen molar-refractivity contribution in [2.45, 2.75) is 32.6 Å². The van der Waals surface area contributed by atoms with Crippen LogP contribution in [0.3, 0.4) is 0 Å². The summed E-state index contributed by atoms with van der Waals surface area (Å²) in [5.74, 6) is 0.287. The molecule has 0 radical (unpaired) electrons. The molecule has 0 saturated heterocycles. The highest BCUT2D eigenvalue weighted by molar-refractivity contribution is 5.94. The maximum atomic E-state index is 12.2. The van der Waals surface area contributed by atoms with Gasteiger partial charge in [0.05, 0.1) is 12.0 Å². The molecular weight excluding hydrogens is 328 g/mol. The van der Waals surface area contributed by atoms with Crippen molar-refractivity contribution in [2.75, 3.05) is 19.6 Å². The van der Waals surface area contributed by atoms with Gasteiger partial charge >= 0.3 is 6.03 Å². The molecule has 1 aliphatic carbocycles. The van der Waals surface area contributed by atoms with E-state index in [4.69, 9.17) is 0 Å². The smallest absolute Gasteiger partial charge is 0.314 e. The monoisotopic (exact) mass is 356 g/mol. The van der Waals surface area contributed by atoms with Crippen LogP contribution in [0.5, 0.6) is 0 Å². The maximum Gasteiger partial charge on any atom is 0.314 e. The first-order valence-electron chi connectivity index (χ1n) is 9.38. The zero-order valence-electron chi connectivity index (χ0n) is 15.3. The molecule has 0 spiro atoms. The number of carbonyl (C=O) groups is 2. The highest BCUT2D eigenvalue weighted by Crippen LogP contribution is 2.33. The number of nitriles is 1. The van der Waals surface area contributed by atoms with E-state index >= 15 is 0 Å². The molecule has 6 nitrogen and oxygen atoms in total. The summed E-state index contributed by atoms with van der Waals surface area (Å²) in [6.07, 6.45) is 3.51. The predicted molar refractivity (Wildman–Crippen MR) is 100 cm³/mol. The molecule has 0 heterocycles. The second-order valence-corrected chi connectivity index (χ2v) is 6.89. The standard InChI is InChI=1S/C20H28N4O2/c1-2-10-22-20(26)24-13-15-8-9-17(18(11-15)12-21)14-23-19(25)16-6-4-3-5-7-16/h3-7,15,17-18H,2,8-11,13-14H2,1H3,(H,23,25)(H2,22,24,26). The van der Waals surface area contributed by atoms with Crippen LogP contribution >= 0.6 is 0 Å². The number of urea groups is 1. The first-order chi connectivity index (χ1) is 12.6. The Balaban J connectivity index is 1.76. The highest BCUT2D eigenvalue weighted by Gasteiger charge is 2.31.